The summed E-state index contributed by atoms with van der Waals surface area (Å²) in [7, 11) is 0. The molecule has 114 valence electrons. The number of rotatable bonds is 5. The van der Waals surface area contributed by atoms with E-state index in [1.54, 1.807) is 0 Å². The van der Waals surface area contributed by atoms with Crippen molar-refractivity contribution in [2.75, 3.05) is 39.4 Å². The Morgan fingerprint density at radius 3 is 2.80 bits per heavy atom. The van der Waals surface area contributed by atoms with Gasteiger partial charge < -0.3 is 10.1 Å². The SMILES string of the molecule is C/C=C(\C)CN1CCC(CNC(=O)C2CCOCC2)C1. The molecule has 2 rings (SSSR count). The van der Waals surface area contributed by atoms with Crippen LogP contribution in [0.4, 0.5) is 0 Å². The Balaban J connectivity index is 1.66. The molecule has 2 saturated heterocycles. The molecular weight excluding hydrogens is 252 g/mol. The maximum absolute atomic E-state index is 12.1. The maximum Gasteiger partial charge on any atom is 0.223 e. The number of likely N-dealkylation sites (tertiary alicyclic amines) is 1. The van der Waals surface area contributed by atoms with Gasteiger partial charge in [-0.15, -0.1) is 0 Å². The predicted molar refractivity (Wildman–Crippen MR) is 80.5 cm³/mol. The van der Waals surface area contributed by atoms with Crippen LogP contribution in [0.2, 0.25) is 0 Å². The molecule has 1 N–H and O–H groups in total. The third-order valence-electron chi connectivity index (χ3n) is 4.49. The van der Waals surface area contributed by atoms with Gasteiger partial charge in [-0.2, -0.15) is 0 Å². The first-order valence-electron chi connectivity index (χ1n) is 7.88. The lowest BCUT2D eigenvalue weighted by molar-refractivity contribution is -0.128. The van der Waals surface area contributed by atoms with Crippen molar-refractivity contribution in [3.05, 3.63) is 11.6 Å². The molecule has 0 radical (unpaired) electrons. The molecule has 4 heteroatoms. The zero-order chi connectivity index (χ0) is 14.4. The second-order valence-corrected chi connectivity index (χ2v) is 6.16. The minimum absolute atomic E-state index is 0.173. The second kappa shape index (κ2) is 7.79. The van der Waals surface area contributed by atoms with Crippen molar-refractivity contribution in [2.24, 2.45) is 11.8 Å². The minimum atomic E-state index is 0.173. The fourth-order valence-electron chi connectivity index (χ4n) is 3.02. The molecule has 1 unspecified atom stereocenters. The lowest BCUT2D eigenvalue weighted by atomic mass is 9.99. The molecule has 20 heavy (non-hydrogen) atoms. The number of hydrogen-bond acceptors (Lipinski definition) is 3. The number of carbonyl (C=O) groups is 1. The number of hydrogen-bond donors (Lipinski definition) is 1. The van der Waals surface area contributed by atoms with Gasteiger partial charge in [0.15, 0.2) is 0 Å². The van der Waals surface area contributed by atoms with E-state index in [4.69, 9.17) is 4.74 Å². The fraction of sp³-hybridized carbons (Fsp3) is 0.812. The van der Waals surface area contributed by atoms with E-state index in [2.05, 4.69) is 30.1 Å². The summed E-state index contributed by atoms with van der Waals surface area (Å²) in [4.78, 5) is 14.6. The third kappa shape index (κ3) is 4.60. The van der Waals surface area contributed by atoms with Crippen molar-refractivity contribution in [2.45, 2.75) is 33.1 Å². The monoisotopic (exact) mass is 280 g/mol. The molecule has 2 aliphatic heterocycles. The van der Waals surface area contributed by atoms with Gasteiger partial charge in [0.2, 0.25) is 5.91 Å². The molecule has 1 atom stereocenters. The van der Waals surface area contributed by atoms with Crippen LogP contribution < -0.4 is 5.32 Å². The lowest BCUT2D eigenvalue weighted by Gasteiger charge is -2.22. The van der Waals surface area contributed by atoms with Gasteiger partial charge >= 0.3 is 0 Å². The summed E-state index contributed by atoms with van der Waals surface area (Å²) in [6, 6.07) is 0. The summed E-state index contributed by atoms with van der Waals surface area (Å²) in [5.41, 5.74) is 1.43. The van der Waals surface area contributed by atoms with E-state index in [0.29, 0.717) is 5.92 Å². The third-order valence-corrected chi connectivity index (χ3v) is 4.49. The summed E-state index contributed by atoms with van der Waals surface area (Å²) < 4.78 is 5.30. The van der Waals surface area contributed by atoms with Crippen LogP contribution in [0, 0.1) is 11.8 Å². The van der Waals surface area contributed by atoms with Crippen LogP contribution in [0.1, 0.15) is 33.1 Å². The van der Waals surface area contributed by atoms with Crippen molar-refractivity contribution in [1.82, 2.24) is 10.2 Å². The molecule has 4 nitrogen and oxygen atoms in total. The molecule has 0 aliphatic carbocycles. The maximum atomic E-state index is 12.1. The Labute approximate surface area is 122 Å². The smallest absolute Gasteiger partial charge is 0.223 e. The highest BCUT2D eigenvalue weighted by molar-refractivity contribution is 5.78. The van der Waals surface area contributed by atoms with E-state index in [-0.39, 0.29) is 11.8 Å². The highest BCUT2D eigenvalue weighted by Gasteiger charge is 2.25. The van der Waals surface area contributed by atoms with Gasteiger partial charge in [0, 0.05) is 38.8 Å². The van der Waals surface area contributed by atoms with E-state index in [9.17, 15) is 4.79 Å². The van der Waals surface area contributed by atoms with Gasteiger partial charge in [-0.05, 0) is 45.6 Å². The average molecular weight is 280 g/mol. The van der Waals surface area contributed by atoms with Crippen molar-refractivity contribution in [3.63, 3.8) is 0 Å². The van der Waals surface area contributed by atoms with Crippen LogP contribution in [-0.4, -0.2) is 50.2 Å². The molecule has 2 fully saturated rings. The first-order chi connectivity index (χ1) is 9.69. The second-order valence-electron chi connectivity index (χ2n) is 6.16. The molecule has 2 heterocycles. The quantitative estimate of drug-likeness (QED) is 0.781. The minimum Gasteiger partial charge on any atom is -0.381 e. The number of carbonyl (C=O) groups excluding carboxylic acids is 1. The zero-order valence-electron chi connectivity index (χ0n) is 12.9. The summed E-state index contributed by atoms with van der Waals surface area (Å²) in [5, 5.41) is 3.15. The molecule has 0 aromatic rings. The topological polar surface area (TPSA) is 41.6 Å². The molecule has 0 aromatic heterocycles. The Morgan fingerprint density at radius 2 is 2.10 bits per heavy atom. The van der Waals surface area contributed by atoms with Gasteiger partial charge in [0.25, 0.3) is 0 Å². The number of nitrogens with one attached hydrogen (secondary N) is 1. The van der Waals surface area contributed by atoms with Crippen molar-refractivity contribution >= 4 is 5.91 Å². The molecule has 0 saturated carbocycles. The lowest BCUT2D eigenvalue weighted by Crippen LogP contribution is -2.37. The molecule has 2 aliphatic rings. The summed E-state index contributed by atoms with van der Waals surface area (Å²) in [6.45, 7) is 9.91. The largest absolute Gasteiger partial charge is 0.381 e. The number of amides is 1. The van der Waals surface area contributed by atoms with Gasteiger partial charge in [0.05, 0.1) is 0 Å². The molecule has 0 spiro atoms. The van der Waals surface area contributed by atoms with Crippen molar-refractivity contribution < 1.29 is 9.53 Å². The predicted octanol–water partition coefficient (Wildman–Crippen LogP) is 1.82. The Morgan fingerprint density at radius 1 is 1.35 bits per heavy atom. The van der Waals surface area contributed by atoms with E-state index in [1.807, 2.05) is 0 Å². The van der Waals surface area contributed by atoms with Crippen molar-refractivity contribution in [3.8, 4) is 0 Å². The molecular formula is C16H28N2O2. The standard InChI is InChI=1S/C16H28N2O2/c1-3-13(2)11-18-7-4-14(12-18)10-17-16(19)15-5-8-20-9-6-15/h3,14-15H,4-12H2,1-2H3,(H,17,19)/b13-3+. The van der Waals surface area contributed by atoms with Crippen LogP contribution in [0.3, 0.4) is 0 Å². The number of allylic oxidation sites excluding steroid dienone is 1. The summed E-state index contributed by atoms with van der Waals surface area (Å²) in [6.07, 6.45) is 5.14. The van der Waals surface area contributed by atoms with Gasteiger partial charge in [0.1, 0.15) is 0 Å². The van der Waals surface area contributed by atoms with Gasteiger partial charge in [-0.25, -0.2) is 0 Å². The molecule has 0 aromatic carbocycles. The first-order valence-corrected chi connectivity index (χ1v) is 7.88. The molecule has 1 amide bonds. The Hall–Kier alpha value is -0.870. The number of nitrogens with zero attached hydrogens (tertiary/aromatic N) is 1. The summed E-state index contributed by atoms with van der Waals surface area (Å²) >= 11 is 0. The molecule has 0 bridgehead atoms. The number of ether oxygens (including phenoxy) is 1. The van der Waals surface area contributed by atoms with E-state index >= 15 is 0 Å². The van der Waals surface area contributed by atoms with Crippen molar-refractivity contribution in [1.29, 1.82) is 0 Å². The first kappa shape index (κ1) is 15.5. The van der Waals surface area contributed by atoms with Crippen LogP contribution in [-0.2, 0) is 9.53 Å². The van der Waals surface area contributed by atoms with Gasteiger partial charge in [-0.3, -0.25) is 9.69 Å². The zero-order valence-corrected chi connectivity index (χ0v) is 12.9. The Bertz CT molecular complexity index is 348. The highest BCUT2D eigenvalue weighted by Crippen LogP contribution is 2.18. The van der Waals surface area contributed by atoms with E-state index in [0.717, 1.165) is 52.2 Å². The average Bonchev–Trinajstić information content (AvgIpc) is 2.93. The van der Waals surface area contributed by atoms with Crippen LogP contribution in [0.25, 0.3) is 0 Å². The fourth-order valence-corrected chi connectivity index (χ4v) is 3.02. The van der Waals surface area contributed by atoms with Crippen LogP contribution in [0.15, 0.2) is 11.6 Å². The van der Waals surface area contributed by atoms with Gasteiger partial charge in [-0.1, -0.05) is 11.6 Å². The van der Waals surface area contributed by atoms with Crippen LogP contribution in [0.5, 0.6) is 0 Å². The Kier molecular flexibility index (Phi) is 6.05. The summed E-state index contributed by atoms with van der Waals surface area (Å²) in [5.74, 6) is 1.02. The highest BCUT2D eigenvalue weighted by atomic mass is 16.5. The van der Waals surface area contributed by atoms with E-state index in [1.165, 1.54) is 12.0 Å². The van der Waals surface area contributed by atoms with Crippen LogP contribution >= 0.6 is 0 Å². The normalized spacial score (nSPS) is 25.9. The van der Waals surface area contributed by atoms with E-state index < -0.39 is 0 Å².